The molecule has 1 amide bonds. The molecular weight excluding hydrogens is 374 g/mol. The number of hydrogen-bond acceptors (Lipinski definition) is 5. The largest absolute Gasteiger partial charge is 0.321 e. The number of aryl methyl sites for hydroxylation is 2. The van der Waals surface area contributed by atoms with Crippen LogP contribution in [-0.2, 0) is 11.3 Å². The normalized spacial score (nSPS) is 11.1. The second-order valence-corrected chi connectivity index (χ2v) is 7.50. The third-order valence-electron chi connectivity index (χ3n) is 4.59. The van der Waals surface area contributed by atoms with Gasteiger partial charge in [0.05, 0.1) is 34.6 Å². The van der Waals surface area contributed by atoms with Gasteiger partial charge in [-0.15, -0.1) is 11.3 Å². The molecule has 0 saturated carbocycles. The zero-order valence-corrected chi connectivity index (χ0v) is 16.6. The van der Waals surface area contributed by atoms with Crippen molar-refractivity contribution >= 4 is 33.1 Å². The first-order valence-electron chi connectivity index (χ1n) is 8.80. The lowest BCUT2D eigenvalue weighted by Crippen LogP contribution is -2.27. The van der Waals surface area contributed by atoms with Gasteiger partial charge in [0.1, 0.15) is 11.2 Å². The number of amides is 1. The van der Waals surface area contributed by atoms with E-state index in [0.29, 0.717) is 21.6 Å². The molecule has 3 heterocycles. The molecule has 4 aromatic rings. The van der Waals surface area contributed by atoms with Gasteiger partial charge in [-0.05, 0) is 43.8 Å². The van der Waals surface area contributed by atoms with Gasteiger partial charge in [-0.2, -0.15) is 5.10 Å². The lowest BCUT2D eigenvalue weighted by molar-refractivity contribution is -0.116. The molecule has 0 atom stereocenters. The molecule has 0 fully saturated rings. The van der Waals surface area contributed by atoms with Crippen molar-refractivity contribution in [2.75, 3.05) is 5.32 Å². The van der Waals surface area contributed by atoms with E-state index in [2.05, 4.69) is 15.4 Å². The maximum Gasteiger partial charge on any atom is 0.271 e. The van der Waals surface area contributed by atoms with Crippen LogP contribution in [0.1, 0.15) is 17.0 Å². The summed E-state index contributed by atoms with van der Waals surface area (Å²) in [4.78, 5) is 29.5. The Morgan fingerprint density at radius 1 is 1.18 bits per heavy atom. The van der Waals surface area contributed by atoms with Gasteiger partial charge in [0, 0.05) is 0 Å². The molecule has 28 heavy (non-hydrogen) atoms. The predicted octanol–water partition coefficient (Wildman–Crippen LogP) is 3.21. The van der Waals surface area contributed by atoms with Crippen molar-refractivity contribution in [3.8, 4) is 5.69 Å². The zero-order chi connectivity index (χ0) is 19.8. The molecule has 4 rings (SSSR count). The topological polar surface area (TPSA) is 81.8 Å². The number of carbonyl (C=O) groups is 1. The number of nitrogens with zero attached hydrogens (tertiary/aromatic N) is 4. The van der Waals surface area contributed by atoms with E-state index in [-0.39, 0.29) is 18.0 Å². The van der Waals surface area contributed by atoms with Crippen LogP contribution in [0.15, 0.2) is 46.8 Å². The minimum absolute atomic E-state index is 0.103. The molecule has 1 aromatic carbocycles. The molecule has 3 aromatic heterocycles. The Labute approximate surface area is 165 Å². The van der Waals surface area contributed by atoms with Crippen LogP contribution in [0, 0.1) is 20.8 Å². The number of rotatable bonds is 4. The molecule has 0 saturated heterocycles. The average molecular weight is 393 g/mol. The van der Waals surface area contributed by atoms with Gasteiger partial charge in [-0.1, -0.05) is 18.2 Å². The SMILES string of the molecule is Cc1nn(-c2ccccc2)c(C)c1NC(=O)Cn1cnc2c(C)csc2c1=O. The number of hydrogen-bond donors (Lipinski definition) is 1. The summed E-state index contributed by atoms with van der Waals surface area (Å²) in [6.07, 6.45) is 1.43. The third kappa shape index (κ3) is 3.11. The number of para-hydroxylation sites is 1. The highest BCUT2D eigenvalue weighted by molar-refractivity contribution is 7.17. The van der Waals surface area contributed by atoms with Crippen LogP contribution in [-0.4, -0.2) is 25.2 Å². The second-order valence-electron chi connectivity index (χ2n) is 6.62. The number of fused-ring (bicyclic) bond motifs is 1. The van der Waals surface area contributed by atoms with E-state index in [1.165, 1.54) is 22.2 Å². The van der Waals surface area contributed by atoms with E-state index in [0.717, 1.165) is 16.9 Å². The van der Waals surface area contributed by atoms with Crippen LogP contribution in [0.4, 0.5) is 5.69 Å². The molecule has 8 heteroatoms. The van der Waals surface area contributed by atoms with Crippen LogP contribution in [0.2, 0.25) is 0 Å². The molecule has 1 N–H and O–H groups in total. The molecule has 0 aliphatic heterocycles. The Morgan fingerprint density at radius 2 is 1.93 bits per heavy atom. The Kier molecular flexibility index (Phi) is 4.56. The number of benzene rings is 1. The summed E-state index contributed by atoms with van der Waals surface area (Å²) in [7, 11) is 0. The lowest BCUT2D eigenvalue weighted by atomic mass is 10.3. The molecule has 7 nitrogen and oxygen atoms in total. The van der Waals surface area contributed by atoms with Gasteiger partial charge in [-0.3, -0.25) is 14.2 Å². The van der Waals surface area contributed by atoms with Gasteiger partial charge < -0.3 is 5.32 Å². The van der Waals surface area contributed by atoms with Gasteiger partial charge >= 0.3 is 0 Å². The number of anilines is 1. The van der Waals surface area contributed by atoms with Crippen molar-refractivity contribution < 1.29 is 4.79 Å². The van der Waals surface area contributed by atoms with E-state index in [1.54, 1.807) is 4.68 Å². The molecule has 142 valence electrons. The van der Waals surface area contributed by atoms with Crippen molar-refractivity contribution in [3.05, 3.63) is 69.3 Å². The highest BCUT2D eigenvalue weighted by Gasteiger charge is 2.16. The van der Waals surface area contributed by atoms with E-state index < -0.39 is 0 Å². The third-order valence-corrected chi connectivity index (χ3v) is 5.67. The van der Waals surface area contributed by atoms with Crippen LogP contribution < -0.4 is 10.9 Å². The van der Waals surface area contributed by atoms with Gasteiger partial charge in [0.2, 0.25) is 5.91 Å². The molecule has 0 unspecified atom stereocenters. The van der Waals surface area contributed by atoms with Crippen LogP contribution in [0.5, 0.6) is 0 Å². The highest BCUT2D eigenvalue weighted by Crippen LogP contribution is 2.23. The van der Waals surface area contributed by atoms with Crippen molar-refractivity contribution in [1.29, 1.82) is 0 Å². The Morgan fingerprint density at radius 3 is 2.68 bits per heavy atom. The Bertz CT molecular complexity index is 1240. The van der Waals surface area contributed by atoms with Gasteiger partial charge in [-0.25, -0.2) is 9.67 Å². The average Bonchev–Trinajstić information content (AvgIpc) is 3.20. The summed E-state index contributed by atoms with van der Waals surface area (Å²) in [6, 6.07) is 9.72. The first-order valence-corrected chi connectivity index (χ1v) is 9.68. The Hall–Kier alpha value is -3.26. The summed E-state index contributed by atoms with van der Waals surface area (Å²) < 4.78 is 3.69. The van der Waals surface area contributed by atoms with E-state index in [9.17, 15) is 9.59 Å². The molecule has 0 aliphatic rings. The predicted molar refractivity (Wildman–Crippen MR) is 110 cm³/mol. The fourth-order valence-electron chi connectivity index (χ4n) is 3.15. The Balaban J connectivity index is 1.59. The minimum Gasteiger partial charge on any atom is -0.321 e. The highest BCUT2D eigenvalue weighted by atomic mass is 32.1. The molecule has 0 spiro atoms. The first-order chi connectivity index (χ1) is 13.5. The smallest absolute Gasteiger partial charge is 0.271 e. The number of carbonyl (C=O) groups excluding carboxylic acids is 1. The minimum atomic E-state index is -0.296. The van der Waals surface area contributed by atoms with Crippen LogP contribution >= 0.6 is 11.3 Å². The standard InChI is InChI=1S/C20H19N5O2S/c1-12-10-28-19-17(12)21-11-24(20(19)27)9-16(26)22-18-13(2)23-25(14(18)3)15-7-5-4-6-8-15/h4-8,10-11H,9H2,1-3H3,(H,22,26). The van der Waals surface area contributed by atoms with E-state index in [1.807, 2.05) is 56.5 Å². The number of thiophene rings is 1. The summed E-state index contributed by atoms with van der Waals surface area (Å²) >= 11 is 1.35. The number of aromatic nitrogens is 4. The summed E-state index contributed by atoms with van der Waals surface area (Å²) in [5.41, 5.74) is 4.57. The fraction of sp³-hybridized carbons (Fsp3) is 0.200. The van der Waals surface area contributed by atoms with Crippen molar-refractivity contribution in [1.82, 2.24) is 19.3 Å². The number of nitrogens with one attached hydrogen (secondary N) is 1. The van der Waals surface area contributed by atoms with Gasteiger partial charge in [0.25, 0.3) is 5.56 Å². The molecular formula is C20H19N5O2S. The summed E-state index contributed by atoms with van der Waals surface area (Å²) in [5.74, 6) is -0.296. The molecule has 0 bridgehead atoms. The van der Waals surface area contributed by atoms with Crippen LogP contribution in [0.3, 0.4) is 0 Å². The van der Waals surface area contributed by atoms with Crippen molar-refractivity contribution in [2.24, 2.45) is 0 Å². The van der Waals surface area contributed by atoms with E-state index >= 15 is 0 Å². The maximum absolute atomic E-state index is 12.6. The molecule has 0 radical (unpaired) electrons. The summed E-state index contributed by atoms with van der Waals surface area (Å²) in [5, 5.41) is 9.31. The van der Waals surface area contributed by atoms with Gasteiger partial charge in [0.15, 0.2) is 0 Å². The van der Waals surface area contributed by atoms with Crippen molar-refractivity contribution in [3.63, 3.8) is 0 Å². The van der Waals surface area contributed by atoms with Crippen molar-refractivity contribution in [2.45, 2.75) is 27.3 Å². The maximum atomic E-state index is 12.6. The summed E-state index contributed by atoms with van der Waals surface area (Å²) in [6.45, 7) is 5.56. The lowest BCUT2D eigenvalue weighted by Gasteiger charge is -2.08. The zero-order valence-electron chi connectivity index (χ0n) is 15.8. The second kappa shape index (κ2) is 7.05. The quantitative estimate of drug-likeness (QED) is 0.577. The fourth-order valence-corrected chi connectivity index (χ4v) is 4.10. The first kappa shape index (κ1) is 18.1. The van der Waals surface area contributed by atoms with E-state index in [4.69, 9.17) is 0 Å². The molecule has 0 aliphatic carbocycles. The monoisotopic (exact) mass is 393 g/mol. The van der Waals surface area contributed by atoms with Crippen LogP contribution in [0.25, 0.3) is 15.9 Å².